The smallest absolute Gasteiger partial charge is 0.263 e. The molecule has 0 saturated carbocycles. The Morgan fingerprint density at radius 3 is 2.44 bits per heavy atom. The molecule has 1 aliphatic rings. The van der Waals surface area contributed by atoms with E-state index in [0.717, 1.165) is 0 Å². The minimum Gasteiger partial charge on any atom is -0.339 e. The fourth-order valence-corrected chi connectivity index (χ4v) is 5.27. The van der Waals surface area contributed by atoms with Gasteiger partial charge in [0.25, 0.3) is 15.9 Å². The van der Waals surface area contributed by atoms with E-state index >= 15 is 0 Å². The third kappa shape index (κ3) is 4.90. The molecule has 3 aromatic rings. The molecule has 1 saturated heterocycles. The molecule has 8 nitrogen and oxygen atoms in total. The maximum atomic E-state index is 13.0. The Hall–Kier alpha value is -2.62. The first-order valence-electron chi connectivity index (χ1n) is 9.90. The predicted molar refractivity (Wildman–Crippen MR) is 121 cm³/mol. The van der Waals surface area contributed by atoms with Crippen molar-refractivity contribution >= 4 is 44.8 Å². The van der Waals surface area contributed by atoms with Crippen molar-refractivity contribution in [1.29, 1.82) is 0 Å². The third-order valence-electron chi connectivity index (χ3n) is 5.24. The number of nitrogens with one attached hydrogen (secondary N) is 1. The van der Waals surface area contributed by atoms with Gasteiger partial charge >= 0.3 is 0 Å². The van der Waals surface area contributed by atoms with Gasteiger partial charge < -0.3 is 9.42 Å². The molecule has 0 spiro atoms. The summed E-state index contributed by atoms with van der Waals surface area (Å²) < 4.78 is 33.5. The minimum atomic E-state index is -4.01. The van der Waals surface area contributed by atoms with Gasteiger partial charge in [0.15, 0.2) is 5.82 Å². The third-order valence-corrected chi connectivity index (χ3v) is 7.35. The number of rotatable bonds is 5. The number of carbonyl (C=O) groups is 1. The van der Waals surface area contributed by atoms with E-state index in [4.69, 9.17) is 27.7 Å². The molecular formula is C21H20Cl2N4O4S. The van der Waals surface area contributed by atoms with Crippen LogP contribution >= 0.6 is 23.2 Å². The SMILES string of the molecule is Cc1noc(C2CCN(C(=O)c3ccc(Cl)c(S(=O)(=O)Nc4ccc(Cl)cc4)c3)CC2)n1. The Morgan fingerprint density at radius 1 is 1.12 bits per heavy atom. The summed E-state index contributed by atoms with van der Waals surface area (Å²) in [5, 5.41) is 4.32. The Labute approximate surface area is 195 Å². The van der Waals surface area contributed by atoms with Crippen LogP contribution in [0.15, 0.2) is 51.9 Å². The lowest BCUT2D eigenvalue weighted by atomic mass is 9.96. The summed E-state index contributed by atoms with van der Waals surface area (Å²) >= 11 is 12.0. The summed E-state index contributed by atoms with van der Waals surface area (Å²) in [7, 11) is -4.01. The fourth-order valence-electron chi connectivity index (χ4n) is 3.56. The van der Waals surface area contributed by atoms with Gasteiger partial charge in [0.1, 0.15) is 4.90 Å². The number of halogens is 2. The maximum absolute atomic E-state index is 13.0. The first kappa shape index (κ1) is 22.6. The van der Waals surface area contributed by atoms with Gasteiger partial charge in [-0.3, -0.25) is 9.52 Å². The largest absolute Gasteiger partial charge is 0.339 e. The number of amides is 1. The highest BCUT2D eigenvalue weighted by Crippen LogP contribution is 2.29. The van der Waals surface area contributed by atoms with Crippen molar-refractivity contribution in [3.05, 3.63) is 69.8 Å². The van der Waals surface area contributed by atoms with Gasteiger partial charge in [-0.1, -0.05) is 28.4 Å². The zero-order valence-electron chi connectivity index (χ0n) is 17.1. The number of anilines is 1. The van der Waals surface area contributed by atoms with Crippen molar-refractivity contribution in [2.45, 2.75) is 30.6 Å². The number of carbonyl (C=O) groups excluding carboxylic acids is 1. The molecule has 168 valence electrons. The van der Waals surface area contributed by atoms with Crippen LogP contribution in [-0.4, -0.2) is 42.5 Å². The minimum absolute atomic E-state index is 0.0217. The Bertz CT molecular complexity index is 1240. The molecule has 11 heteroatoms. The Morgan fingerprint density at radius 2 is 1.81 bits per heavy atom. The molecule has 1 aliphatic heterocycles. The summed E-state index contributed by atoms with van der Waals surface area (Å²) in [6.07, 6.45) is 1.37. The number of piperidine rings is 1. The quantitative estimate of drug-likeness (QED) is 0.559. The molecule has 0 radical (unpaired) electrons. The Kier molecular flexibility index (Phi) is 6.41. The second kappa shape index (κ2) is 9.09. The molecule has 1 N–H and O–H groups in total. The lowest BCUT2D eigenvalue weighted by Crippen LogP contribution is -2.38. The number of hydrogen-bond donors (Lipinski definition) is 1. The molecule has 2 heterocycles. The first-order chi connectivity index (χ1) is 15.2. The van der Waals surface area contributed by atoms with E-state index in [9.17, 15) is 13.2 Å². The number of likely N-dealkylation sites (tertiary alicyclic amines) is 1. The molecule has 32 heavy (non-hydrogen) atoms. The zero-order chi connectivity index (χ0) is 22.9. The Balaban J connectivity index is 1.49. The summed E-state index contributed by atoms with van der Waals surface area (Å²) in [6, 6.07) is 10.5. The van der Waals surface area contributed by atoms with Gasteiger partial charge in [-0.25, -0.2) is 8.42 Å². The fraction of sp³-hybridized carbons (Fsp3) is 0.286. The van der Waals surface area contributed by atoms with Gasteiger partial charge in [-0.15, -0.1) is 0 Å². The summed E-state index contributed by atoms with van der Waals surface area (Å²) in [5.74, 6) is 1.01. The maximum Gasteiger partial charge on any atom is 0.263 e. The highest BCUT2D eigenvalue weighted by atomic mass is 35.5. The normalized spacial score (nSPS) is 15.0. The van der Waals surface area contributed by atoms with Gasteiger partial charge in [0, 0.05) is 35.3 Å². The van der Waals surface area contributed by atoms with Crippen molar-refractivity contribution in [2.24, 2.45) is 0 Å². The van der Waals surface area contributed by atoms with E-state index in [0.29, 0.717) is 48.4 Å². The number of hydrogen-bond acceptors (Lipinski definition) is 6. The van der Waals surface area contributed by atoms with Crippen molar-refractivity contribution in [2.75, 3.05) is 17.8 Å². The van der Waals surface area contributed by atoms with Crippen LogP contribution < -0.4 is 4.72 Å². The average molecular weight is 495 g/mol. The van der Waals surface area contributed by atoms with Gasteiger partial charge in [0.2, 0.25) is 5.89 Å². The molecule has 4 rings (SSSR count). The molecule has 0 aliphatic carbocycles. The van der Waals surface area contributed by atoms with Crippen LogP contribution in [-0.2, 0) is 10.0 Å². The molecule has 0 unspecified atom stereocenters. The van der Waals surface area contributed by atoms with Crippen molar-refractivity contribution in [3.8, 4) is 0 Å². The molecule has 1 fully saturated rings. The number of aromatic nitrogens is 2. The van der Waals surface area contributed by atoms with Crippen LogP contribution in [0.4, 0.5) is 5.69 Å². The second-order valence-corrected chi connectivity index (χ2v) is 10.00. The van der Waals surface area contributed by atoms with E-state index in [2.05, 4.69) is 14.9 Å². The van der Waals surface area contributed by atoms with E-state index < -0.39 is 10.0 Å². The summed E-state index contributed by atoms with van der Waals surface area (Å²) in [5.41, 5.74) is 0.582. The van der Waals surface area contributed by atoms with Crippen LogP contribution in [0.1, 0.15) is 40.8 Å². The second-order valence-electron chi connectivity index (χ2n) is 7.50. The van der Waals surface area contributed by atoms with Crippen LogP contribution in [0.3, 0.4) is 0 Å². The lowest BCUT2D eigenvalue weighted by molar-refractivity contribution is 0.0704. The van der Waals surface area contributed by atoms with Gasteiger partial charge in [-0.2, -0.15) is 4.98 Å². The molecule has 1 aromatic heterocycles. The van der Waals surface area contributed by atoms with Crippen LogP contribution in [0.2, 0.25) is 10.0 Å². The lowest BCUT2D eigenvalue weighted by Gasteiger charge is -2.30. The highest BCUT2D eigenvalue weighted by Gasteiger charge is 2.29. The van der Waals surface area contributed by atoms with Crippen LogP contribution in [0.5, 0.6) is 0 Å². The van der Waals surface area contributed by atoms with E-state index in [1.165, 1.54) is 30.3 Å². The van der Waals surface area contributed by atoms with E-state index in [1.54, 1.807) is 24.0 Å². The van der Waals surface area contributed by atoms with Crippen molar-refractivity contribution in [3.63, 3.8) is 0 Å². The molecule has 1 amide bonds. The standard InChI is InChI=1S/C21H20Cl2N4O4S/c1-13-24-20(31-25-13)14-8-10-27(11-9-14)21(28)15-2-7-18(23)19(12-15)32(29,30)26-17-5-3-16(22)4-6-17/h2-7,12,14,26H,8-11H2,1H3. The first-order valence-corrected chi connectivity index (χ1v) is 12.1. The molecular weight excluding hydrogens is 475 g/mol. The van der Waals surface area contributed by atoms with E-state index in [1.807, 2.05) is 0 Å². The number of sulfonamides is 1. The zero-order valence-corrected chi connectivity index (χ0v) is 19.4. The van der Waals surface area contributed by atoms with Gasteiger partial charge in [-0.05, 0) is 62.2 Å². The molecule has 0 atom stereocenters. The number of benzene rings is 2. The topological polar surface area (TPSA) is 105 Å². The monoisotopic (exact) mass is 494 g/mol. The summed E-state index contributed by atoms with van der Waals surface area (Å²) in [6.45, 7) is 2.76. The van der Waals surface area contributed by atoms with Crippen LogP contribution in [0, 0.1) is 6.92 Å². The molecule has 0 bridgehead atoms. The van der Waals surface area contributed by atoms with Gasteiger partial charge in [0.05, 0.1) is 5.02 Å². The van der Waals surface area contributed by atoms with Crippen molar-refractivity contribution < 1.29 is 17.7 Å². The van der Waals surface area contributed by atoms with Crippen LogP contribution in [0.25, 0.3) is 0 Å². The van der Waals surface area contributed by atoms with Crippen molar-refractivity contribution in [1.82, 2.24) is 15.0 Å². The van der Waals surface area contributed by atoms with E-state index in [-0.39, 0.29) is 27.3 Å². The molecule has 2 aromatic carbocycles. The number of aryl methyl sites for hydroxylation is 1. The predicted octanol–water partition coefficient (Wildman–Crippen LogP) is 4.51. The summed E-state index contributed by atoms with van der Waals surface area (Å²) in [4.78, 5) is 18.8. The highest BCUT2D eigenvalue weighted by molar-refractivity contribution is 7.92. The number of nitrogens with zero attached hydrogens (tertiary/aromatic N) is 3. The average Bonchev–Trinajstić information content (AvgIpc) is 3.21.